The standard InChI is InChI=1S/C17H20BrNO3/c18-15-7-3-6-14(10-15)12-19(9-8-17(21)22)16(20)11-13-4-1-2-5-13/h1,3-4,6-7,10,13H,2,5,8-9,11-12H2,(H,21,22). The molecule has 1 unspecified atom stereocenters. The van der Waals surface area contributed by atoms with Gasteiger partial charge in [0.25, 0.3) is 0 Å². The first kappa shape index (κ1) is 16.7. The molecule has 0 bridgehead atoms. The number of hydrogen-bond donors (Lipinski definition) is 1. The van der Waals surface area contributed by atoms with Crippen molar-refractivity contribution in [1.29, 1.82) is 0 Å². The smallest absolute Gasteiger partial charge is 0.305 e. The summed E-state index contributed by atoms with van der Waals surface area (Å²) in [7, 11) is 0. The van der Waals surface area contributed by atoms with Crippen molar-refractivity contribution in [3.05, 3.63) is 46.5 Å². The van der Waals surface area contributed by atoms with Gasteiger partial charge in [-0.15, -0.1) is 0 Å². The lowest BCUT2D eigenvalue weighted by Crippen LogP contribution is -2.33. The van der Waals surface area contributed by atoms with E-state index in [-0.39, 0.29) is 18.9 Å². The van der Waals surface area contributed by atoms with Crippen LogP contribution in [0.2, 0.25) is 0 Å². The molecule has 0 spiro atoms. The second kappa shape index (κ2) is 8.13. The molecule has 1 aromatic carbocycles. The topological polar surface area (TPSA) is 57.6 Å². The van der Waals surface area contributed by atoms with Gasteiger partial charge in [-0.1, -0.05) is 40.2 Å². The molecule has 4 nitrogen and oxygen atoms in total. The number of allylic oxidation sites excluding steroid dienone is 2. The second-order valence-electron chi connectivity index (χ2n) is 5.56. The van der Waals surface area contributed by atoms with E-state index in [4.69, 9.17) is 5.11 Å². The number of halogens is 1. The van der Waals surface area contributed by atoms with Crippen molar-refractivity contribution >= 4 is 27.8 Å². The van der Waals surface area contributed by atoms with Crippen LogP contribution in [0.3, 0.4) is 0 Å². The number of carbonyl (C=O) groups is 2. The average Bonchev–Trinajstić information content (AvgIpc) is 2.96. The zero-order valence-corrected chi connectivity index (χ0v) is 14.0. The monoisotopic (exact) mass is 365 g/mol. The maximum absolute atomic E-state index is 12.5. The summed E-state index contributed by atoms with van der Waals surface area (Å²) in [5, 5.41) is 8.88. The molecule has 0 heterocycles. The maximum Gasteiger partial charge on any atom is 0.305 e. The molecule has 1 aliphatic rings. The zero-order valence-electron chi connectivity index (χ0n) is 12.4. The van der Waals surface area contributed by atoms with Gasteiger partial charge in [-0.3, -0.25) is 9.59 Å². The third kappa shape index (κ3) is 5.30. The van der Waals surface area contributed by atoms with Crippen LogP contribution in [0, 0.1) is 5.92 Å². The van der Waals surface area contributed by atoms with Crippen molar-refractivity contribution in [1.82, 2.24) is 4.90 Å². The number of aliphatic carboxylic acids is 1. The van der Waals surface area contributed by atoms with E-state index >= 15 is 0 Å². The van der Waals surface area contributed by atoms with E-state index in [9.17, 15) is 9.59 Å². The van der Waals surface area contributed by atoms with E-state index in [0.717, 1.165) is 22.9 Å². The van der Waals surface area contributed by atoms with E-state index in [2.05, 4.69) is 28.1 Å². The van der Waals surface area contributed by atoms with Crippen LogP contribution in [-0.2, 0) is 16.1 Å². The Balaban J connectivity index is 2.02. The van der Waals surface area contributed by atoms with Gasteiger partial charge in [0.2, 0.25) is 5.91 Å². The molecule has 22 heavy (non-hydrogen) atoms. The third-order valence-electron chi connectivity index (χ3n) is 3.76. The molecule has 0 fully saturated rings. The molecule has 0 aromatic heterocycles. The molecule has 0 saturated heterocycles. The maximum atomic E-state index is 12.5. The minimum absolute atomic E-state index is 0.0257. The number of benzene rings is 1. The molecule has 2 rings (SSSR count). The first-order chi connectivity index (χ1) is 10.5. The van der Waals surface area contributed by atoms with Gasteiger partial charge in [0.1, 0.15) is 0 Å². The fourth-order valence-electron chi connectivity index (χ4n) is 2.60. The van der Waals surface area contributed by atoms with Gasteiger partial charge < -0.3 is 10.0 Å². The van der Waals surface area contributed by atoms with Crippen molar-refractivity contribution in [2.75, 3.05) is 6.54 Å². The van der Waals surface area contributed by atoms with Crippen LogP contribution in [0.4, 0.5) is 0 Å². The third-order valence-corrected chi connectivity index (χ3v) is 4.25. The van der Waals surface area contributed by atoms with Crippen molar-refractivity contribution < 1.29 is 14.7 Å². The lowest BCUT2D eigenvalue weighted by atomic mass is 10.0. The van der Waals surface area contributed by atoms with Crippen molar-refractivity contribution in [3.63, 3.8) is 0 Å². The molecule has 1 atom stereocenters. The molecule has 1 aliphatic carbocycles. The van der Waals surface area contributed by atoms with Gasteiger partial charge in [-0.25, -0.2) is 0 Å². The van der Waals surface area contributed by atoms with Crippen LogP contribution in [-0.4, -0.2) is 28.4 Å². The van der Waals surface area contributed by atoms with Crippen LogP contribution < -0.4 is 0 Å². The fraction of sp³-hybridized carbons (Fsp3) is 0.412. The Morgan fingerprint density at radius 2 is 2.18 bits per heavy atom. The van der Waals surface area contributed by atoms with Gasteiger partial charge in [0, 0.05) is 24.0 Å². The lowest BCUT2D eigenvalue weighted by molar-refractivity contribution is -0.138. The van der Waals surface area contributed by atoms with Gasteiger partial charge in [-0.2, -0.15) is 0 Å². The quantitative estimate of drug-likeness (QED) is 0.750. The average molecular weight is 366 g/mol. The summed E-state index contributed by atoms with van der Waals surface area (Å²) >= 11 is 3.42. The zero-order chi connectivity index (χ0) is 15.9. The second-order valence-corrected chi connectivity index (χ2v) is 6.47. The molecule has 0 aliphatic heterocycles. The van der Waals surface area contributed by atoms with Crippen molar-refractivity contribution in [2.45, 2.75) is 32.2 Å². The number of carboxylic acid groups (broad SMARTS) is 1. The number of carboxylic acids is 1. The Morgan fingerprint density at radius 3 is 2.82 bits per heavy atom. The summed E-state index contributed by atoms with van der Waals surface area (Å²) in [6, 6.07) is 7.74. The largest absolute Gasteiger partial charge is 0.481 e. The summed E-state index contributed by atoms with van der Waals surface area (Å²) in [5.74, 6) is -0.562. The molecule has 5 heteroatoms. The molecule has 1 aromatic rings. The van der Waals surface area contributed by atoms with Gasteiger partial charge >= 0.3 is 5.97 Å². The predicted octanol–water partition coefficient (Wildman–Crippen LogP) is 3.61. The van der Waals surface area contributed by atoms with Gasteiger partial charge in [0.15, 0.2) is 0 Å². The highest BCUT2D eigenvalue weighted by atomic mass is 79.9. The van der Waals surface area contributed by atoms with Gasteiger partial charge in [0.05, 0.1) is 6.42 Å². The molecule has 0 saturated carbocycles. The number of nitrogens with zero attached hydrogens (tertiary/aromatic N) is 1. The molecule has 118 valence electrons. The number of carbonyl (C=O) groups excluding carboxylic acids is 1. The Bertz CT molecular complexity index is 571. The molecule has 0 radical (unpaired) electrons. The van der Waals surface area contributed by atoms with Crippen LogP contribution in [0.1, 0.15) is 31.2 Å². The Labute approximate surface area is 138 Å². The summed E-state index contributed by atoms with van der Waals surface area (Å²) in [4.78, 5) is 25.0. The fourth-order valence-corrected chi connectivity index (χ4v) is 3.04. The normalized spacial score (nSPS) is 16.7. The number of hydrogen-bond acceptors (Lipinski definition) is 2. The Kier molecular flexibility index (Phi) is 6.19. The highest BCUT2D eigenvalue weighted by molar-refractivity contribution is 9.10. The van der Waals surface area contributed by atoms with E-state index in [1.165, 1.54) is 0 Å². The van der Waals surface area contributed by atoms with Crippen molar-refractivity contribution in [2.24, 2.45) is 5.92 Å². The summed E-state index contributed by atoms with van der Waals surface area (Å²) < 4.78 is 0.953. The molecular formula is C17H20BrNO3. The van der Waals surface area contributed by atoms with E-state index in [1.807, 2.05) is 24.3 Å². The van der Waals surface area contributed by atoms with Crippen molar-refractivity contribution in [3.8, 4) is 0 Å². The summed E-state index contributed by atoms with van der Waals surface area (Å²) in [6.07, 6.45) is 6.67. The SMILES string of the molecule is O=C(O)CCN(Cc1cccc(Br)c1)C(=O)CC1C=CCC1. The van der Waals surface area contributed by atoms with Gasteiger partial charge in [-0.05, 0) is 36.5 Å². The van der Waals surface area contributed by atoms with E-state index < -0.39 is 5.97 Å². The Morgan fingerprint density at radius 1 is 1.36 bits per heavy atom. The lowest BCUT2D eigenvalue weighted by Gasteiger charge is -2.23. The number of rotatable bonds is 7. The molecular weight excluding hydrogens is 346 g/mol. The van der Waals surface area contributed by atoms with E-state index in [0.29, 0.717) is 18.9 Å². The molecule has 1 N–H and O–H groups in total. The highest BCUT2D eigenvalue weighted by Gasteiger charge is 2.20. The Hall–Kier alpha value is -1.62. The minimum atomic E-state index is -0.882. The first-order valence-corrected chi connectivity index (χ1v) is 8.24. The van der Waals surface area contributed by atoms with Crippen LogP contribution in [0.25, 0.3) is 0 Å². The van der Waals surface area contributed by atoms with E-state index in [1.54, 1.807) is 4.90 Å². The van der Waals surface area contributed by atoms with Crippen LogP contribution in [0.5, 0.6) is 0 Å². The van der Waals surface area contributed by atoms with Crippen LogP contribution in [0.15, 0.2) is 40.9 Å². The first-order valence-electron chi connectivity index (χ1n) is 7.45. The highest BCUT2D eigenvalue weighted by Crippen LogP contribution is 2.22. The minimum Gasteiger partial charge on any atom is -0.481 e. The summed E-state index contributed by atoms with van der Waals surface area (Å²) in [6.45, 7) is 0.694. The summed E-state index contributed by atoms with van der Waals surface area (Å²) in [5.41, 5.74) is 0.995. The van der Waals surface area contributed by atoms with Crippen LogP contribution >= 0.6 is 15.9 Å². The predicted molar refractivity (Wildman–Crippen MR) is 88.3 cm³/mol. The molecule has 1 amide bonds. The number of amides is 1.